The van der Waals surface area contributed by atoms with Gasteiger partial charge in [-0.3, -0.25) is 4.90 Å². The highest BCUT2D eigenvalue weighted by molar-refractivity contribution is 8.03. The van der Waals surface area contributed by atoms with Crippen molar-refractivity contribution >= 4 is 23.5 Å². The van der Waals surface area contributed by atoms with E-state index in [1.807, 2.05) is 0 Å². The molecular formula is C13H24N2O2S2. The predicted octanol–water partition coefficient (Wildman–Crippen LogP) is 0.524. The summed E-state index contributed by atoms with van der Waals surface area (Å²) >= 11 is 4.17. The molecule has 19 heavy (non-hydrogen) atoms. The van der Waals surface area contributed by atoms with Crippen LogP contribution in [0, 0.1) is 0 Å². The Hall–Kier alpha value is 0.540. The molecule has 2 atom stereocenters. The normalized spacial score (nSPS) is 35.4. The molecule has 6 heteroatoms. The average molecular weight is 304 g/mol. The van der Waals surface area contributed by atoms with Gasteiger partial charge < -0.3 is 14.8 Å². The van der Waals surface area contributed by atoms with Crippen molar-refractivity contribution < 1.29 is 9.47 Å². The highest BCUT2D eigenvalue weighted by Crippen LogP contribution is 2.20. The van der Waals surface area contributed by atoms with Crippen LogP contribution in [0.4, 0.5) is 0 Å². The van der Waals surface area contributed by atoms with Crippen molar-refractivity contribution in [1.29, 1.82) is 0 Å². The van der Waals surface area contributed by atoms with E-state index in [0.717, 1.165) is 39.5 Å². The molecule has 3 heterocycles. The maximum Gasteiger partial charge on any atom is 0.0638 e. The van der Waals surface area contributed by atoms with Crippen LogP contribution in [0.2, 0.25) is 0 Å². The minimum Gasteiger partial charge on any atom is -0.379 e. The summed E-state index contributed by atoms with van der Waals surface area (Å²) in [5, 5.41) is 3.86. The lowest BCUT2D eigenvalue weighted by Gasteiger charge is -2.35. The van der Waals surface area contributed by atoms with Gasteiger partial charge in [0, 0.05) is 48.2 Å². The number of nitrogens with zero attached hydrogens (tertiary/aromatic N) is 1. The lowest BCUT2D eigenvalue weighted by molar-refractivity contribution is 0.0104. The van der Waals surface area contributed by atoms with Gasteiger partial charge in [-0.15, -0.1) is 0 Å². The number of nitrogens with one attached hydrogen (secondary N) is 1. The van der Waals surface area contributed by atoms with E-state index >= 15 is 0 Å². The Labute approximate surface area is 124 Å². The molecular weight excluding hydrogens is 280 g/mol. The monoisotopic (exact) mass is 304 g/mol. The van der Waals surface area contributed by atoms with E-state index in [2.05, 4.69) is 33.7 Å². The molecule has 0 aromatic carbocycles. The standard InChI is InChI=1S/C13H24N2O2S2/c1-3-16-4-2-15(1)13-8-17-7-12(13)14-11-9-18-5-6-19-10-11/h11-14H,1-10H2. The van der Waals surface area contributed by atoms with Gasteiger partial charge in [-0.1, -0.05) is 0 Å². The summed E-state index contributed by atoms with van der Waals surface area (Å²) in [5.41, 5.74) is 0. The lowest BCUT2D eigenvalue weighted by Crippen LogP contribution is -2.55. The smallest absolute Gasteiger partial charge is 0.0638 e. The maximum atomic E-state index is 5.74. The quantitative estimate of drug-likeness (QED) is 0.819. The zero-order valence-electron chi connectivity index (χ0n) is 11.4. The van der Waals surface area contributed by atoms with Crippen LogP contribution in [0.25, 0.3) is 0 Å². The fraction of sp³-hybridized carbons (Fsp3) is 1.00. The Kier molecular flexibility index (Phi) is 5.73. The van der Waals surface area contributed by atoms with Gasteiger partial charge in [-0.05, 0) is 0 Å². The van der Waals surface area contributed by atoms with Crippen LogP contribution in [0.15, 0.2) is 0 Å². The molecule has 2 unspecified atom stereocenters. The number of ether oxygens (including phenoxy) is 2. The van der Waals surface area contributed by atoms with E-state index in [9.17, 15) is 0 Å². The zero-order valence-corrected chi connectivity index (χ0v) is 13.0. The number of morpholine rings is 1. The summed E-state index contributed by atoms with van der Waals surface area (Å²) < 4.78 is 11.2. The number of rotatable bonds is 3. The van der Waals surface area contributed by atoms with Crippen LogP contribution in [0.1, 0.15) is 0 Å². The fourth-order valence-electron chi connectivity index (χ4n) is 2.99. The summed E-state index contributed by atoms with van der Waals surface area (Å²) in [6.45, 7) is 5.61. The van der Waals surface area contributed by atoms with Gasteiger partial charge in [0.2, 0.25) is 0 Å². The van der Waals surface area contributed by atoms with E-state index < -0.39 is 0 Å². The summed E-state index contributed by atoms with van der Waals surface area (Å²) in [7, 11) is 0. The largest absolute Gasteiger partial charge is 0.379 e. The van der Waals surface area contributed by atoms with Gasteiger partial charge in [0.15, 0.2) is 0 Å². The molecule has 0 spiro atoms. The molecule has 3 saturated heterocycles. The topological polar surface area (TPSA) is 33.7 Å². The molecule has 3 aliphatic rings. The Morgan fingerprint density at radius 2 is 1.68 bits per heavy atom. The molecule has 0 saturated carbocycles. The van der Waals surface area contributed by atoms with Gasteiger partial charge in [0.1, 0.15) is 0 Å². The van der Waals surface area contributed by atoms with Crippen LogP contribution in [0.3, 0.4) is 0 Å². The van der Waals surface area contributed by atoms with E-state index in [4.69, 9.17) is 9.47 Å². The third-order valence-electron chi connectivity index (χ3n) is 4.03. The molecule has 3 fully saturated rings. The summed E-state index contributed by atoms with van der Waals surface area (Å²) in [6.07, 6.45) is 0. The van der Waals surface area contributed by atoms with Gasteiger partial charge in [-0.25, -0.2) is 0 Å². The molecule has 1 N–H and O–H groups in total. The summed E-state index contributed by atoms with van der Waals surface area (Å²) in [5.74, 6) is 5.10. The highest BCUT2D eigenvalue weighted by atomic mass is 32.2. The Morgan fingerprint density at radius 3 is 2.42 bits per heavy atom. The third-order valence-corrected chi connectivity index (χ3v) is 6.55. The molecule has 3 aliphatic heterocycles. The highest BCUT2D eigenvalue weighted by Gasteiger charge is 2.35. The molecule has 0 aromatic heterocycles. The minimum atomic E-state index is 0.502. The molecule has 0 bridgehead atoms. The Balaban J connectivity index is 1.53. The lowest BCUT2D eigenvalue weighted by atomic mass is 10.1. The number of thioether (sulfide) groups is 2. The van der Waals surface area contributed by atoms with Gasteiger partial charge >= 0.3 is 0 Å². The summed E-state index contributed by atoms with van der Waals surface area (Å²) in [6, 6.07) is 1.69. The van der Waals surface area contributed by atoms with Crippen molar-refractivity contribution in [3.05, 3.63) is 0 Å². The summed E-state index contributed by atoms with van der Waals surface area (Å²) in [4.78, 5) is 2.55. The second kappa shape index (κ2) is 7.52. The zero-order chi connectivity index (χ0) is 12.9. The average Bonchev–Trinajstić information content (AvgIpc) is 2.75. The minimum absolute atomic E-state index is 0.502. The molecule has 3 rings (SSSR count). The first-order valence-electron chi connectivity index (χ1n) is 7.24. The van der Waals surface area contributed by atoms with E-state index in [-0.39, 0.29) is 0 Å². The molecule has 0 amide bonds. The third kappa shape index (κ3) is 4.02. The van der Waals surface area contributed by atoms with Gasteiger partial charge in [-0.2, -0.15) is 23.5 Å². The van der Waals surface area contributed by atoms with E-state index in [1.165, 1.54) is 23.0 Å². The molecule has 0 radical (unpaired) electrons. The van der Waals surface area contributed by atoms with Crippen LogP contribution < -0.4 is 5.32 Å². The van der Waals surface area contributed by atoms with Crippen LogP contribution in [-0.4, -0.2) is 85.6 Å². The van der Waals surface area contributed by atoms with Crippen molar-refractivity contribution in [2.45, 2.75) is 18.1 Å². The van der Waals surface area contributed by atoms with Crippen LogP contribution in [-0.2, 0) is 9.47 Å². The van der Waals surface area contributed by atoms with Crippen molar-refractivity contribution in [3.63, 3.8) is 0 Å². The van der Waals surface area contributed by atoms with E-state index in [0.29, 0.717) is 18.1 Å². The number of hydrogen-bond donors (Lipinski definition) is 1. The molecule has 4 nitrogen and oxygen atoms in total. The maximum absolute atomic E-state index is 5.74. The molecule has 110 valence electrons. The molecule has 0 aliphatic carbocycles. The van der Waals surface area contributed by atoms with Crippen molar-refractivity contribution in [2.24, 2.45) is 0 Å². The second-order valence-corrected chi connectivity index (χ2v) is 7.67. The van der Waals surface area contributed by atoms with Crippen LogP contribution >= 0.6 is 23.5 Å². The Bertz CT molecular complexity index is 269. The van der Waals surface area contributed by atoms with Gasteiger partial charge in [0.05, 0.1) is 32.5 Å². The molecule has 0 aromatic rings. The van der Waals surface area contributed by atoms with E-state index in [1.54, 1.807) is 0 Å². The SMILES string of the molecule is C1CN(C2COCC2NC2CSCCSC2)CCO1. The second-order valence-electron chi connectivity index (χ2n) is 5.37. The first kappa shape index (κ1) is 14.5. The van der Waals surface area contributed by atoms with Crippen molar-refractivity contribution in [1.82, 2.24) is 10.2 Å². The van der Waals surface area contributed by atoms with Crippen LogP contribution in [0.5, 0.6) is 0 Å². The van der Waals surface area contributed by atoms with Gasteiger partial charge in [0.25, 0.3) is 0 Å². The first-order valence-corrected chi connectivity index (χ1v) is 9.55. The van der Waals surface area contributed by atoms with Crippen molar-refractivity contribution in [3.8, 4) is 0 Å². The first-order chi connectivity index (χ1) is 9.43. The number of hydrogen-bond acceptors (Lipinski definition) is 6. The Morgan fingerprint density at radius 1 is 0.947 bits per heavy atom. The predicted molar refractivity (Wildman–Crippen MR) is 82.4 cm³/mol. The fourth-order valence-corrected chi connectivity index (χ4v) is 5.41. The van der Waals surface area contributed by atoms with Crippen molar-refractivity contribution in [2.75, 3.05) is 62.5 Å².